The zero-order chi connectivity index (χ0) is 18.8. The predicted molar refractivity (Wildman–Crippen MR) is 99.3 cm³/mol. The first-order valence-electron chi connectivity index (χ1n) is 8.34. The zero-order valence-corrected chi connectivity index (χ0v) is 14.2. The topological polar surface area (TPSA) is 59.7 Å². The smallest absolute Gasteiger partial charge is 0.340 e. The van der Waals surface area contributed by atoms with Crippen molar-refractivity contribution < 1.29 is 23.4 Å². The van der Waals surface area contributed by atoms with Gasteiger partial charge in [0.25, 0.3) is 0 Å². The monoisotopic (exact) mass is 362 g/mol. The van der Waals surface area contributed by atoms with Crippen LogP contribution in [-0.4, -0.2) is 11.1 Å². The number of benzene rings is 3. The van der Waals surface area contributed by atoms with Crippen LogP contribution in [0.25, 0.3) is 22.3 Å². The Morgan fingerprint density at radius 2 is 1.74 bits per heavy atom. The molecule has 0 aliphatic rings. The number of aromatic carboxylic acids is 1. The summed E-state index contributed by atoms with van der Waals surface area (Å²) in [4.78, 5) is 11.9. The maximum Gasteiger partial charge on any atom is 0.340 e. The molecule has 1 heterocycles. The Labute approximate surface area is 154 Å². The Kier molecular flexibility index (Phi) is 4.34. The van der Waals surface area contributed by atoms with E-state index in [9.17, 15) is 14.3 Å². The average Bonchev–Trinajstić information content (AvgIpc) is 3.07. The number of carboxylic acid groups (broad SMARTS) is 1. The lowest BCUT2D eigenvalue weighted by molar-refractivity contribution is 0.0699. The standard InChI is InChI=1S/C22H15FO4/c23-16-8-6-14(7-9-16)13-26-17-10-11-19-18(12-17)20(22(24)25)21(27-19)15-4-2-1-3-5-15/h1-12H,13H2,(H,24,25). The van der Waals surface area contributed by atoms with Crippen LogP contribution >= 0.6 is 0 Å². The van der Waals surface area contributed by atoms with Gasteiger partial charge in [-0.05, 0) is 35.9 Å². The first-order valence-corrected chi connectivity index (χ1v) is 8.34. The van der Waals surface area contributed by atoms with Crippen LogP contribution in [-0.2, 0) is 6.61 Å². The average molecular weight is 362 g/mol. The van der Waals surface area contributed by atoms with E-state index in [1.807, 2.05) is 18.2 Å². The molecule has 0 aliphatic heterocycles. The highest BCUT2D eigenvalue weighted by molar-refractivity contribution is 6.08. The van der Waals surface area contributed by atoms with E-state index in [2.05, 4.69) is 0 Å². The molecule has 0 amide bonds. The summed E-state index contributed by atoms with van der Waals surface area (Å²) in [5.74, 6) is -0.551. The van der Waals surface area contributed by atoms with Crippen LogP contribution in [0.15, 0.2) is 77.2 Å². The summed E-state index contributed by atoms with van der Waals surface area (Å²) in [5, 5.41) is 10.2. The molecular weight excluding hydrogens is 347 g/mol. The van der Waals surface area contributed by atoms with Crippen molar-refractivity contribution in [3.05, 3.63) is 89.7 Å². The van der Waals surface area contributed by atoms with Crippen molar-refractivity contribution in [2.45, 2.75) is 6.61 Å². The van der Waals surface area contributed by atoms with Crippen LogP contribution in [0.5, 0.6) is 5.75 Å². The normalized spacial score (nSPS) is 10.9. The summed E-state index contributed by atoms with van der Waals surface area (Å²) in [6.07, 6.45) is 0. The van der Waals surface area contributed by atoms with Gasteiger partial charge in [-0.3, -0.25) is 0 Å². The van der Waals surface area contributed by atoms with E-state index in [0.29, 0.717) is 28.0 Å². The number of hydrogen-bond acceptors (Lipinski definition) is 3. The van der Waals surface area contributed by atoms with Gasteiger partial charge in [-0.1, -0.05) is 42.5 Å². The van der Waals surface area contributed by atoms with E-state index in [1.54, 1.807) is 42.5 Å². The van der Waals surface area contributed by atoms with Crippen molar-refractivity contribution in [2.75, 3.05) is 0 Å². The number of rotatable bonds is 5. The zero-order valence-electron chi connectivity index (χ0n) is 14.2. The van der Waals surface area contributed by atoms with E-state index in [-0.39, 0.29) is 18.0 Å². The van der Waals surface area contributed by atoms with E-state index >= 15 is 0 Å². The minimum absolute atomic E-state index is 0.100. The SMILES string of the molecule is O=C(O)c1c(-c2ccccc2)oc2ccc(OCc3ccc(F)cc3)cc12. The summed E-state index contributed by atoms with van der Waals surface area (Å²) in [6.45, 7) is 0.248. The predicted octanol–water partition coefficient (Wildman–Crippen LogP) is 5.52. The third-order valence-corrected chi connectivity index (χ3v) is 4.23. The highest BCUT2D eigenvalue weighted by Gasteiger charge is 2.22. The van der Waals surface area contributed by atoms with Crippen molar-refractivity contribution in [3.63, 3.8) is 0 Å². The van der Waals surface area contributed by atoms with Crippen molar-refractivity contribution in [2.24, 2.45) is 0 Å². The molecule has 1 aromatic heterocycles. The van der Waals surface area contributed by atoms with Gasteiger partial charge in [0.05, 0.1) is 0 Å². The molecular formula is C22H15FO4. The minimum Gasteiger partial charge on any atom is -0.489 e. The van der Waals surface area contributed by atoms with Gasteiger partial charge in [0.15, 0.2) is 0 Å². The highest BCUT2D eigenvalue weighted by Crippen LogP contribution is 2.35. The molecule has 0 saturated carbocycles. The Morgan fingerprint density at radius 1 is 1.00 bits per heavy atom. The van der Waals surface area contributed by atoms with Crippen LogP contribution in [0.4, 0.5) is 4.39 Å². The number of carboxylic acids is 1. The van der Waals surface area contributed by atoms with Crippen LogP contribution in [0.1, 0.15) is 15.9 Å². The van der Waals surface area contributed by atoms with E-state index in [1.165, 1.54) is 12.1 Å². The second kappa shape index (κ2) is 6.96. The van der Waals surface area contributed by atoms with Gasteiger partial charge in [-0.2, -0.15) is 0 Å². The van der Waals surface area contributed by atoms with Crippen LogP contribution in [0, 0.1) is 5.82 Å². The van der Waals surface area contributed by atoms with Gasteiger partial charge in [-0.15, -0.1) is 0 Å². The summed E-state index contributed by atoms with van der Waals surface area (Å²) in [5.41, 5.74) is 2.08. The molecule has 4 nitrogen and oxygen atoms in total. The quantitative estimate of drug-likeness (QED) is 0.508. The third kappa shape index (κ3) is 3.40. The molecule has 134 valence electrons. The van der Waals surface area contributed by atoms with Crippen LogP contribution in [0.2, 0.25) is 0 Å². The molecule has 0 radical (unpaired) electrons. The van der Waals surface area contributed by atoms with Gasteiger partial charge in [0.2, 0.25) is 0 Å². The second-order valence-corrected chi connectivity index (χ2v) is 6.05. The lowest BCUT2D eigenvalue weighted by atomic mass is 10.1. The molecule has 0 aliphatic carbocycles. The lowest BCUT2D eigenvalue weighted by Gasteiger charge is -2.06. The van der Waals surface area contributed by atoms with E-state index in [4.69, 9.17) is 9.15 Å². The Bertz CT molecular complexity index is 1100. The number of halogens is 1. The van der Waals surface area contributed by atoms with E-state index < -0.39 is 5.97 Å². The number of fused-ring (bicyclic) bond motifs is 1. The fourth-order valence-corrected chi connectivity index (χ4v) is 2.92. The van der Waals surface area contributed by atoms with Crippen molar-refractivity contribution in [3.8, 4) is 17.1 Å². The molecule has 0 saturated heterocycles. The van der Waals surface area contributed by atoms with Crippen molar-refractivity contribution >= 4 is 16.9 Å². The van der Waals surface area contributed by atoms with Crippen molar-refractivity contribution in [1.29, 1.82) is 0 Å². The number of hydrogen-bond donors (Lipinski definition) is 1. The first kappa shape index (κ1) is 16.8. The molecule has 0 atom stereocenters. The molecule has 5 heteroatoms. The molecule has 4 rings (SSSR count). The Hall–Kier alpha value is -3.60. The molecule has 1 N–H and O–H groups in total. The molecule has 0 bridgehead atoms. The molecule has 4 aromatic rings. The summed E-state index contributed by atoms with van der Waals surface area (Å²) in [7, 11) is 0. The fourth-order valence-electron chi connectivity index (χ4n) is 2.92. The second-order valence-electron chi connectivity index (χ2n) is 6.05. The van der Waals surface area contributed by atoms with Gasteiger partial charge < -0.3 is 14.3 Å². The van der Waals surface area contributed by atoms with Gasteiger partial charge in [-0.25, -0.2) is 9.18 Å². The van der Waals surface area contributed by atoms with E-state index in [0.717, 1.165) is 5.56 Å². The molecule has 3 aromatic carbocycles. The van der Waals surface area contributed by atoms with Crippen LogP contribution < -0.4 is 4.74 Å². The fraction of sp³-hybridized carbons (Fsp3) is 0.0455. The van der Waals surface area contributed by atoms with Crippen LogP contribution in [0.3, 0.4) is 0 Å². The largest absolute Gasteiger partial charge is 0.489 e. The van der Waals surface area contributed by atoms with Gasteiger partial charge >= 0.3 is 5.97 Å². The molecule has 0 spiro atoms. The molecule has 0 fully saturated rings. The molecule has 0 unspecified atom stereocenters. The summed E-state index contributed by atoms with van der Waals surface area (Å²) in [6, 6.07) is 20.2. The first-order chi connectivity index (χ1) is 13.1. The number of ether oxygens (including phenoxy) is 1. The maximum atomic E-state index is 13.0. The van der Waals surface area contributed by atoms with Gasteiger partial charge in [0.1, 0.15) is 35.1 Å². The minimum atomic E-state index is -1.07. The van der Waals surface area contributed by atoms with Gasteiger partial charge in [0, 0.05) is 10.9 Å². The van der Waals surface area contributed by atoms with Crippen molar-refractivity contribution in [1.82, 2.24) is 0 Å². The highest BCUT2D eigenvalue weighted by atomic mass is 19.1. The number of furan rings is 1. The number of carbonyl (C=O) groups is 1. The maximum absolute atomic E-state index is 13.0. The lowest BCUT2D eigenvalue weighted by Crippen LogP contribution is -1.98. The Balaban J connectivity index is 1.70. The Morgan fingerprint density at radius 3 is 2.44 bits per heavy atom. The summed E-state index contributed by atoms with van der Waals surface area (Å²) < 4.78 is 24.5. The summed E-state index contributed by atoms with van der Waals surface area (Å²) >= 11 is 0. The third-order valence-electron chi connectivity index (χ3n) is 4.23. The molecule has 27 heavy (non-hydrogen) atoms.